The molecule has 1 saturated carbocycles. The minimum atomic E-state index is -0.219. The third-order valence-corrected chi connectivity index (χ3v) is 4.06. The first-order valence-electron chi connectivity index (χ1n) is 6.62. The number of hydrogen-bond acceptors (Lipinski definition) is 4. The first-order chi connectivity index (χ1) is 9.63. The SMILES string of the molecule is O=C(NCC1(CO)CC1)c1cc(Cl)c2c(c1)OCCO2. The Morgan fingerprint density at radius 1 is 1.35 bits per heavy atom. The minimum Gasteiger partial charge on any atom is -0.486 e. The van der Waals surface area contributed by atoms with Crippen molar-refractivity contribution >= 4 is 17.5 Å². The fourth-order valence-electron chi connectivity index (χ4n) is 2.18. The van der Waals surface area contributed by atoms with Crippen molar-refractivity contribution < 1.29 is 19.4 Å². The molecule has 1 aliphatic carbocycles. The fourth-order valence-corrected chi connectivity index (χ4v) is 2.44. The number of carbonyl (C=O) groups is 1. The van der Waals surface area contributed by atoms with E-state index >= 15 is 0 Å². The molecule has 0 radical (unpaired) electrons. The van der Waals surface area contributed by atoms with E-state index in [0.29, 0.717) is 41.8 Å². The van der Waals surface area contributed by atoms with Crippen LogP contribution in [0.5, 0.6) is 11.5 Å². The molecule has 0 spiro atoms. The smallest absolute Gasteiger partial charge is 0.251 e. The molecule has 1 aliphatic heterocycles. The van der Waals surface area contributed by atoms with Crippen molar-refractivity contribution in [2.75, 3.05) is 26.4 Å². The van der Waals surface area contributed by atoms with Gasteiger partial charge in [-0.1, -0.05) is 11.6 Å². The number of nitrogens with one attached hydrogen (secondary N) is 1. The zero-order valence-corrected chi connectivity index (χ0v) is 11.7. The molecule has 0 atom stereocenters. The van der Waals surface area contributed by atoms with E-state index < -0.39 is 0 Å². The zero-order chi connectivity index (χ0) is 14.2. The van der Waals surface area contributed by atoms with E-state index in [4.69, 9.17) is 21.1 Å². The van der Waals surface area contributed by atoms with Crippen molar-refractivity contribution in [2.24, 2.45) is 5.41 Å². The van der Waals surface area contributed by atoms with Crippen molar-refractivity contribution in [2.45, 2.75) is 12.8 Å². The monoisotopic (exact) mass is 297 g/mol. The average molecular weight is 298 g/mol. The highest BCUT2D eigenvalue weighted by Gasteiger charge is 2.42. The summed E-state index contributed by atoms with van der Waals surface area (Å²) in [7, 11) is 0. The largest absolute Gasteiger partial charge is 0.486 e. The Balaban J connectivity index is 1.73. The summed E-state index contributed by atoms with van der Waals surface area (Å²) in [5.74, 6) is 0.768. The summed E-state index contributed by atoms with van der Waals surface area (Å²) in [4.78, 5) is 12.1. The van der Waals surface area contributed by atoms with E-state index in [0.717, 1.165) is 12.8 Å². The number of aliphatic hydroxyl groups is 1. The summed E-state index contributed by atoms with van der Waals surface area (Å²) in [6, 6.07) is 3.21. The van der Waals surface area contributed by atoms with Crippen LogP contribution < -0.4 is 14.8 Å². The van der Waals surface area contributed by atoms with Gasteiger partial charge in [0.25, 0.3) is 5.91 Å². The highest BCUT2D eigenvalue weighted by Crippen LogP contribution is 2.44. The Labute approximate surface area is 121 Å². The molecule has 0 saturated heterocycles. The van der Waals surface area contributed by atoms with Crippen LogP contribution in [0.25, 0.3) is 0 Å². The van der Waals surface area contributed by atoms with E-state index in [1.54, 1.807) is 12.1 Å². The number of rotatable bonds is 4. The van der Waals surface area contributed by atoms with Gasteiger partial charge in [0.2, 0.25) is 0 Å². The maximum atomic E-state index is 12.1. The molecule has 20 heavy (non-hydrogen) atoms. The molecule has 2 N–H and O–H groups in total. The van der Waals surface area contributed by atoms with Gasteiger partial charge in [-0.3, -0.25) is 4.79 Å². The standard InChI is InChI=1S/C14H16ClNO4/c15-10-5-9(6-11-12(10)20-4-3-19-11)13(18)16-7-14(8-17)1-2-14/h5-6,17H,1-4,7-8H2,(H,16,18). The number of fused-ring (bicyclic) bond motifs is 1. The van der Waals surface area contributed by atoms with Gasteiger partial charge in [0.05, 0.1) is 11.6 Å². The number of amides is 1. The molecular formula is C14H16ClNO4. The zero-order valence-electron chi connectivity index (χ0n) is 10.9. The van der Waals surface area contributed by atoms with Gasteiger partial charge in [-0.25, -0.2) is 0 Å². The van der Waals surface area contributed by atoms with Gasteiger partial charge in [0, 0.05) is 17.5 Å². The van der Waals surface area contributed by atoms with Gasteiger partial charge in [-0.2, -0.15) is 0 Å². The highest BCUT2D eigenvalue weighted by molar-refractivity contribution is 6.32. The normalized spacial score (nSPS) is 18.5. The number of halogens is 1. The van der Waals surface area contributed by atoms with Crippen molar-refractivity contribution in [3.05, 3.63) is 22.7 Å². The van der Waals surface area contributed by atoms with Crippen LogP contribution in [0.15, 0.2) is 12.1 Å². The Bertz CT molecular complexity index is 542. The van der Waals surface area contributed by atoms with Crippen molar-refractivity contribution in [1.82, 2.24) is 5.32 Å². The lowest BCUT2D eigenvalue weighted by molar-refractivity contribution is 0.0934. The molecule has 2 aliphatic rings. The lowest BCUT2D eigenvalue weighted by atomic mass is 10.1. The molecular weight excluding hydrogens is 282 g/mol. The van der Waals surface area contributed by atoms with Crippen LogP contribution in [-0.4, -0.2) is 37.4 Å². The van der Waals surface area contributed by atoms with Crippen LogP contribution in [0.2, 0.25) is 5.02 Å². The topological polar surface area (TPSA) is 67.8 Å². The van der Waals surface area contributed by atoms with Crippen LogP contribution in [0, 0.1) is 5.41 Å². The van der Waals surface area contributed by atoms with Gasteiger partial charge in [0.15, 0.2) is 11.5 Å². The Morgan fingerprint density at radius 3 is 2.80 bits per heavy atom. The maximum Gasteiger partial charge on any atom is 0.251 e. The summed E-state index contributed by atoms with van der Waals surface area (Å²) < 4.78 is 10.9. The number of ether oxygens (including phenoxy) is 2. The second-order valence-electron chi connectivity index (χ2n) is 5.32. The second-order valence-corrected chi connectivity index (χ2v) is 5.73. The van der Waals surface area contributed by atoms with E-state index in [1.807, 2.05) is 0 Å². The van der Waals surface area contributed by atoms with Gasteiger partial charge < -0.3 is 19.9 Å². The van der Waals surface area contributed by atoms with E-state index in [1.165, 1.54) is 0 Å². The molecule has 3 rings (SSSR count). The molecule has 6 heteroatoms. The quantitative estimate of drug-likeness (QED) is 0.886. The predicted molar refractivity (Wildman–Crippen MR) is 73.5 cm³/mol. The second kappa shape index (κ2) is 5.14. The van der Waals surface area contributed by atoms with E-state index in [-0.39, 0.29) is 17.9 Å². The predicted octanol–water partition coefficient (Wildman–Crippen LogP) is 1.61. The Hall–Kier alpha value is -1.46. The molecule has 0 unspecified atom stereocenters. The lowest BCUT2D eigenvalue weighted by Gasteiger charge is -2.20. The van der Waals surface area contributed by atoms with Gasteiger partial charge >= 0.3 is 0 Å². The first-order valence-corrected chi connectivity index (χ1v) is 7.00. The van der Waals surface area contributed by atoms with Gasteiger partial charge in [0.1, 0.15) is 13.2 Å². The first kappa shape index (κ1) is 13.5. The maximum absolute atomic E-state index is 12.1. The lowest BCUT2D eigenvalue weighted by Crippen LogP contribution is -2.32. The van der Waals surface area contributed by atoms with Gasteiger partial charge in [-0.15, -0.1) is 0 Å². The van der Waals surface area contributed by atoms with Crippen LogP contribution in [0.1, 0.15) is 23.2 Å². The van der Waals surface area contributed by atoms with Crippen LogP contribution in [-0.2, 0) is 0 Å². The van der Waals surface area contributed by atoms with Crippen molar-refractivity contribution in [3.8, 4) is 11.5 Å². The molecule has 5 nitrogen and oxygen atoms in total. The summed E-state index contributed by atoms with van der Waals surface area (Å²) in [6.07, 6.45) is 1.90. The summed E-state index contributed by atoms with van der Waals surface area (Å²) in [5, 5.41) is 12.4. The summed E-state index contributed by atoms with van der Waals surface area (Å²) in [5.41, 5.74) is 0.320. The third-order valence-electron chi connectivity index (χ3n) is 3.78. The van der Waals surface area contributed by atoms with Gasteiger partial charge in [-0.05, 0) is 25.0 Å². The number of carbonyl (C=O) groups excluding carboxylic acids is 1. The van der Waals surface area contributed by atoms with Crippen LogP contribution in [0.3, 0.4) is 0 Å². The number of hydrogen-bond donors (Lipinski definition) is 2. The molecule has 1 fully saturated rings. The summed E-state index contributed by atoms with van der Waals surface area (Å²) >= 11 is 6.10. The van der Waals surface area contributed by atoms with Crippen molar-refractivity contribution in [3.63, 3.8) is 0 Å². The molecule has 1 heterocycles. The average Bonchev–Trinajstić information content (AvgIpc) is 3.25. The molecule has 108 valence electrons. The highest BCUT2D eigenvalue weighted by atomic mass is 35.5. The molecule has 0 bridgehead atoms. The number of benzene rings is 1. The Morgan fingerprint density at radius 2 is 2.10 bits per heavy atom. The third kappa shape index (κ3) is 2.55. The number of aliphatic hydroxyl groups excluding tert-OH is 1. The molecule has 1 aromatic rings. The summed E-state index contributed by atoms with van der Waals surface area (Å²) in [6.45, 7) is 1.49. The van der Waals surface area contributed by atoms with Crippen LogP contribution >= 0.6 is 11.6 Å². The minimum absolute atomic E-state index is 0.106. The van der Waals surface area contributed by atoms with Crippen LogP contribution in [0.4, 0.5) is 0 Å². The van der Waals surface area contributed by atoms with E-state index in [9.17, 15) is 9.90 Å². The Kier molecular flexibility index (Phi) is 3.48. The molecule has 1 amide bonds. The van der Waals surface area contributed by atoms with Crippen molar-refractivity contribution in [1.29, 1.82) is 0 Å². The fraction of sp³-hybridized carbons (Fsp3) is 0.500. The van der Waals surface area contributed by atoms with E-state index in [2.05, 4.69) is 5.32 Å². The molecule has 0 aromatic heterocycles. The molecule has 1 aromatic carbocycles.